The average molecular weight is 128 g/mol. The van der Waals surface area contributed by atoms with Crippen molar-refractivity contribution in [3.05, 3.63) is 0 Å². The lowest BCUT2D eigenvalue weighted by Gasteiger charge is -2.03. The molecule has 0 saturated carbocycles. The third kappa shape index (κ3) is 4.01. The van der Waals surface area contributed by atoms with Crippen molar-refractivity contribution in [1.82, 2.24) is 5.32 Å². The molecule has 0 bridgehead atoms. The third-order valence-electron chi connectivity index (χ3n) is 1.47. The summed E-state index contributed by atoms with van der Waals surface area (Å²) in [4.78, 5) is 10.6. The molecular formula is C7H14NO. The smallest absolute Gasteiger partial charge is 0.241 e. The van der Waals surface area contributed by atoms with E-state index in [2.05, 4.69) is 19.2 Å². The molecule has 2 heteroatoms. The van der Waals surface area contributed by atoms with Crippen LogP contribution in [0.15, 0.2) is 0 Å². The second-order valence-electron chi connectivity index (χ2n) is 2.33. The Hall–Kier alpha value is -0.530. The number of rotatable bonds is 3. The maximum atomic E-state index is 10.6. The van der Waals surface area contributed by atoms with Crippen LogP contribution in [-0.4, -0.2) is 13.0 Å². The number of nitrogens with zero attached hydrogens (tertiary/aromatic N) is 1. The van der Waals surface area contributed by atoms with E-state index in [0.717, 1.165) is 6.42 Å². The molecule has 1 amide bonds. The second kappa shape index (κ2) is 4.36. The molecule has 0 N–H and O–H groups in total. The molecule has 0 aliphatic carbocycles. The average Bonchev–Trinajstić information content (AvgIpc) is 1.87. The number of carbonyl (C=O) groups excluding carboxylic acids is 1. The monoisotopic (exact) mass is 128 g/mol. The SMILES string of the molecule is CCC(C)CC(=O)[N]C. The Labute approximate surface area is 56.6 Å². The van der Waals surface area contributed by atoms with Gasteiger partial charge in [-0.15, -0.1) is 0 Å². The zero-order chi connectivity index (χ0) is 7.28. The van der Waals surface area contributed by atoms with Crippen molar-refractivity contribution in [2.45, 2.75) is 26.7 Å². The summed E-state index contributed by atoms with van der Waals surface area (Å²) in [5, 5.41) is 3.54. The van der Waals surface area contributed by atoms with Gasteiger partial charge in [0.25, 0.3) is 0 Å². The summed E-state index contributed by atoms with van der Waals surface area (Å²) in [6.45, 7) is 4.14. The quantitative estimate of drug-likeness (QED) is 0.561. The van der Waals surface area contributed by atoms with Gasteiger partial charge < -0.3 is 0 Å². The van der Waals surface area contributed by atoms with Crippen LogP contribution in [0.25, 0.3) is 0 Å². The number of hydrogen-bond donors (Lipinski definition) is 0. The number of amides is 1. The first kappa shape index (κ1) is 8.47. The molecule has 0 aromatic heterocycles. The maximum absolute atomic E-state index is 10.6. The van der Waals surface area contributed by atoms with E-state index in [0.29, 0.717) is 12.3 Å². The molecule has 0 saturated heterocycles. The molecule has 0 aromatic rings. The highest BCUT2D eigenvalue weighted by atomic mass is 16.1. The summed E-state index contributed by atoms with van der Waals surface area (Å²) in [5.41, 5.74) is 0. The maximum Gasteiger partial charge on any atom is 0.241 e. The van der Waals surface area contributed by atoms with Gasteiger partial charge in [-0.05, 0) is 5.92 Å². The Morgan fingerprint density at radius 1 is 1.67 bits per heavy atom. The summed E-state index contributed by atoms with van der Waals surface area (Å²) < 4.78 is 0. The Morgan fingerprint density at radius 3 is 2.56 bits per heavy atom. The molecular weight excluding hydrogens is 114 g/mol. The molecule has 0 rings (SSSR count). The van der Waals surface area contributed by atoms with Crippen molar-refractivity contribution in [3.63, 3.8) is 0 Å². The van der Waals surface area contributed by atoms with Crippen LogP contribution in [0.1, 0.15) is 26.7 Å². The highest BCUT2D eigenvalue weighted by Gasteiger charge is 2.04. The van der Waals surface area contributed by atoms with Gasteiger partial charge in [0.15, 0.2) is 0 Å². The summed E-state index contributed by atoms with van der Waals surface area (Å²) >= 11 is 0. The van der Waals surface area contributed by atoms with Gasteiger partial charge in [0.2, 0.25) is 5.91 Å². The minimum absolute atomic E-state index is 0.0179. The van der Waals surface area contributed by atoms with Gasteiger partial charge in [-0.1, -0.05) is 20.3 Å². The van der Waals surface area contributed by atoms with E-state index in [1.165, 1.54) is 0 Å². The first-order chi connectivity index (χ1) is 4.20. The predicted molar refractivity (Wildman–Crippen MR) is 37.1 cm³/mol. The van der Waals surface area contributed by atoms with E-state index < -0.39 is 0 Å². The summed E-state index contributed by atoms with van der Waals surface area (Å²) in [6, 6.07) is 0. The van der Waals surface area contributed by atoms with E-state index in [1.807, 2.05) is 0 Å². The van der Waals surface area contributed by atoms with E-state index in [4.69, 9.17) is 0 Å². The highest BCUT2D eigenvalue weighted by molar-refractivity contribution is 5.75. The largest absolute Gasteiger partial charge is 0.273 e. The molecule has 9 heavy (non-hydrogen) atoms. The van der Waals surface area contributed by atoms with Crippen LogP contribution in [-0.2, 0) is 4.79 Å². The first-order valence-electron chi connectivity index (χ1n) is 3.33. The van der Waals surface area contributed by atoms with Crippen LogP contribution in [0.4, 0.5) is 0 Å². The molecule has 0 spiro atoms. The third-order valence-corrected chi connectivity index (χ3v) is 1.47. The van der Waals surface area contributed by atoms with E-state index in [9.17, 15) is 4.79 Å². The van der Waals surface area contributed by atoms with Crippen molar-refractivity contribution < 1.29 is 4.79 Å². The van der Waals surface area contributed by atoms with E-state index in [-0.39, 0.29) is 5.91 Å². The van der Waals surface area contributed by atoms with Crippen molar-refractivity contribution in [1.29, 1.82) is 0 Å². The molecule has 0 aliphatic rings. The molecule has 1 radical (unpaired) electrons. The molecule has 0 fully saturated rings. The lowest BCUT2D eigenvalue weighted by molar-refractivity contribution is -0.121. The highest BCUT2D eigenvalue weighted by Crippen LogP contribution is 2.04. The zero-order valence-electron chi connectivity index (χ0n) is 6.35. The molecule has 53 valence electrons. The van der Waals surface area contributed by atoms with Crippen molar-refractivity contribution in [3.8, 4) is 0 Å². The Bertz CT molecular complexity index is 90.9. The summed E-state index contributed by atoms with van der Waals surface area (Å²) in [7, 11) is 1.55. The minimum atomic E-state index is 0.0179. The Morgan fingerprint density at radius 2 is 2.22 bits per heavy atom. The molecule has 0 heterocycles. The molecule has 2 nitrogen and oxygen atoms in total. The Balaban J connectivity index is 3.34. The van der Waals surface area contributed by atoms with Crippen LogP contribution < -0.4 is 5.32 Å². The zero-order valence-corrected chi connectivity index (χ0v) is 6.35. The fourth-order valence-electron chi connectivity index (χ4n) is 0.534. The van der Waals surface area contributed by atoms with Gasteiger partial charge in [0.05, 0.1) is 0 Å². The lowest BCUT2D eigenvalue weighted by atomic mass is 10.1. The second-order valence-corrected chi connectivity index (χ2v) is 2.33. The summed E-state index contributed by atoms with van der Waals surface area (Å²) in [5.74, 6) is 0.505. The van der Waals surface area contributed by atoms with Gasteiger partial charge in [-0.2, -0.15) is 0 Å². The molecule has 1 atom stereocenters. The Kier molecular flexibility index (Phi) is 4.10. The fraction of sp³-hybridized carbons (Fsp3) is 0.857. The summed E-state index contributed by atoms with van der Waals surface area (Å²) in [6.07, 6.45) is 1.66. The van der Waals surface area contributed by atoms with Gasteiger partial charge in [0.1, 0.15) is 0 Å². The van der Waals surface area contributed by atoms with Gasteiger partial charge >= 0.3 is 0 Å². The van der Waals surface area contributed by atoms with Gasteiger partial charge in [-0.25, -0.2) is 0 Å². The molecule has 1 unspecified atom stereocenters. The van der Waals surface area contributed by atoms with Crippen molar-refractivity contribution in [2.24, 2.45) is 5.92 Å². The normalized spacial score (nSPS) is 12.8. The lowest BCUT2D eigenvalue weighted by Crippen LogP contribution is -2.13. The van der Waals surface area contributed by atoms with E-state index in [1.54, 1.807) is 7.05 Å². The van der Waals surface area contributed by atoms with Gasteiger partial charge in [-0.3, -0.25) is 10.1 Å². The molecule has 0 aliphatic heterocycles. The van der Waals surface area contributed by atoms with Crippen molar-refractivity contribution >= 4 is 5.91 Å². The standard InChI is InChI=1S/C7H14NO/c1-4-6(2)5-7(9)8-3/h6H,4-5H2,1-3H3. The first-order valence-corrected chi connectivity index (χ1v) is 3.33. The number of hydrogen-bond acceptors (Lipinski definition) is 1. The van der Waals surface area contributed by atoms with Crippen molar-refractivity contribution in [2.75, 3.05) is 7.05 Å². The molecule has 0 aromatic carbocycles. The fourth-order valence-corrected chi connectivity index (χ4v) is 0.534. The topological polar surface area (TPSA) is 31.2 Å². The van der Waals surface area contributed by atoms with Crippen LogP contribution in [0.2, 0.25) is 0 Å². The van der Waals surface area contributed by atoms with Gasteiger partial charge in [0, 0.05) is 13.5 Å². The van der Waals surface area contributed by atoms with Crippen LogP contribution in [0.5, 0.6) is 0 Å². The predicted octanol–water partition coefficient (Wildman–Crippen LogP) is 1.18. The minimum Gasteiger partial charge on any atom is -0.273 e. The van der Waals surface area contributed by atoms with Crippen LogP contribution in [0.3, 0.4) is 0 Å². The van der Waals surface area contributed by atoms with Crippen LogP contribution in [0, 0.1) is 5.92 Å². The van der Waals surface area contributed by atoms with Crippen LogP contribution >= 0.6 is 0 Å². The van der Waals surface area contributed by atoms with E-state index >= 15 is 0 Å². The number of carbonyl (C=O) groups is 1.